The summed E-state index contributed by atoms with van der Waals surface area (Å²) in [6.07, 6.45) is 9.75. The third-order valence-electron chi connectivity index (χ3n) is 4.85. The number of benzene rings is 2. The van der Waals surface area contributed by atoms with Crippen molar-refractivity contribution >= 4 is 6.08 Å². The molecule has 0 amide bonds. The molecule has 1 aromatic heterocycles. The van der Waals surface area contributed by atoms with Crippen molar-refractivity contribution in [3.8, 4) is 28.3 Å². The van der Waals surface area contributed by atoms with Crippen molar-refractivity contribution in [3.05, 3.63) is 84.7 Å². The molecular formula is C26H26F2N2O2. The van der Waals surface area contributed by atoms with Crippen LogP contribution in [0.3, 0.4) is 0 Å². The monoisotopic (exact) mass is 436 g/mol. The molecule has 1 N–H and O–H groups in total. The van der Waals surface area contributed by atoms with Crippen molar-refractivity contribution in [3.63, 3.8) is 0 Å². The van der Waals surface area contributed by atoms with Gasteiger partial charge in [-0.05, 0) is 50.5 Å². The highest BCUT2D eigenvalue weighted by Crippen LogP contribution is 2.27. The van der Waals surface area contributed by atoms with Crippen LogP contribution in [0, 0.1) is 11.6 Å². The molecule has 1 heterocycles. The van der Waals surface area contributed by atoms with E-state index < -0.39 is 11.6 Å². The summed E-state index contributed by atoms with van der Waals surface area (Å²) in [6.45, 7) is 5.76. The van der Waals surface area contributed by atoms with Gasteiger partial charge in [0.2, 0.25) is 0 Å². The molecule has 4 nitrogen and oxygen atoms in total. The fourth-order valence-electron chi connectivity index (χ4n) is 3.13. The van der Waals surface area contributed by atoms with Crippen LogP contribution in [-0.2, 0) is 0 Å². The molecule has 0 radical (unpaired) electrons. The lowest BCUT2D eigenvalue weighted by Crippen LogP contribution is -1.97. The number of hydrogen-bond acceptors (Lipinski definition) is 4. The largest absolute Gasteiger partial charge is 0.490 e. The van der Waals surface area contributed by atoms with Crippen LogP contribution in [0.2, 0.25) is 0 Å². The highest BCUT2D eigenvalue weighted by atomic mass is 19.2. The van der Waals surface area contributed by atoms with Crippen molar-refractivity contribution in [1.82, 2.24) is 9.97 Å². The van der Waals surface area contributed by atoms with Gasteiger partial charge in [0.05, 0.1) is 6.10 Å². The number of nitrogens with zero attached hydrogens (tertiary/aromatic N) is 2. The molecule has 0 bridgehead atoms. The molecule has 6 heteroatoms. The standard InChI is InChI=1S/C26H26F2N2O2/c1-3-15-32-22-12-9-20(10-13-22)26-29-16-21(17-30-26)23-14-11-19(24(27)25(23)28)8-6-4-5-7-18(2)31/h3,6,8-14,16-18,31H,1,4-5,7,15H2,2H3. The van der Waals surface area contributed by atoms with Gasteiger partial charge in [0.1, 0.15) is 12.4 Å². The zero-order valence-electron chi connectivity index (χ0n) is 18.0. The van der Waals surface area contributed by atoms with Crippen molar-refractivity contribution in [2.75, 3.05) is 6.61 Å². The molecule has 3 aromatic rings. The summed E-state index contributed by atoms with van der Waals surface area (Å²) in [6, 6.07) is 10.3. The highest BCUT2D eigenvalue weighted by molar-refractivity contribution is 5.67. The number of aliphatic hydroxyl groups excluding tert-OH is 1. The van der Waals surface area contributed by atoms with Crippen molar-refractivity contribution in [2.45, 2.75) is 32.3 Å². The van der Waals surface area contributed by atoms with Crippen LogP contribution >= 0.6 is 0 Å². The van der Waals surface area contributed by atoms with Crippen molar-refractivity contribution in [1.29, 1.82) is 0 Å². The smallest absolute Gasteiger partial charge is 0.167 e. The van der Waals surface area contributed by atoms with Gasteiger partial charge in [-0.1, -0.05) is 36.9 Å². The lowest BCUT2D eigenvalue weighted by molar-refractivity contribution is 0.182. The number of allylic oxidation sites excluding steroid dienone is 1. The molecule has 0 aliphatic carbocycles. The Labute approximate surface area is 186 Å². The molecule has 166 valence electrons. The second-order valence-electron chi connectivity index (χ2n) is 7.43. The fourth-order valence-corrected chi connectivity index (χ4v) is 3.13. The minimum absolute atomic E-state index is 0.105. The second-order valence-corrected chi connectivity index (χ2v) is 7.43. The molecule has 0 aliphatic heterocycles. The molecule has 32 heavy (non-hydrogen) atoms. The maximum absolute atomic E-state index is 14.7. The maximum Gasteiger partial charge on any atom is 0.167 e. The first-order valence-electron chi connectivity index (χ1n) is 10.5. The first-order valence-corrected chi connectivity index (χ1v) is 10.5. The number of ether oxygens (including phenoxy) is 1. The topological polar surface area (TPSA) is 55.2 Å². The number of halogens is 2. The molecule has 0 aliphatic rings. The molecule has 1 atom stereocenters. The average molecular weight is 437 g/mol. The number of aliphatic hydroxyl groups is 1. The molecule has 0 fully saturated rings. The Morgan fingerprint density at radius 1 is 1.03 bits per heavy atom. The summed E-state index contributed by atoms with van der Waals surface area (Å²) in [5.41, 5.74) is 1.46. The van der Waals surface area contributed by atoms with Gasteiger partial charge in [-0.25, -0.2) is 18.7 Å². The summed E-state index contributed by atoms with van der Waals surface area (Å²) in [4.78, 5) is 8.61. The third-order valence-corrected chi connectivity index (χ3v) is 4.85. The van der Waals surface area contributed by atoms with E-state index in [4.69, 9.17) is 4.74 Å². The van der Waals surface area contributed by atoms with Crippen LogP contribution in [0.1, 0.15) is 31.7 Å². The quantitative estimate of drug-likeness (QED) is 0.303. The lowest BCUT2D eigenvalue weighted by Gasteiger charge is -2.08. The van der Waals surface area contributed by atoms with E-state index in [0.29, 0.717) is 36.6 Å². The predicted octanol–water partition coefficient (Wildman–Crippen LogP) is 6.22. The Bertz CT molecular complexity index is 1060. The Balaban J connectivity index is 1.72. The van der Waals surface area contributed by atoms with Crippen LogP contribution in [0.4, 0.5) is 8.78 Å². The molecule has 0 spiro atoms. The van der Waals surface area contributed by atoms with Gasteiger partial charge >= 0.3 is 0 Å². The van der Waals surface area contributed by atoms with Gasteiger partial charge in [0.15, 0.2) is 17.5 Å². The summed E-state index contributed by atoms with van der Waals surface area (Å²) in [5.74, 6) is -0.661. The van der Waals surface area contributed by atoms with Gasteiger partial charge in [0.25, 0.3) is 0 Å². The van der Waals surface area contributed by atoms with Gasteiger partial charge in [-0.3, -0.25) is 0 Å². The normalized spacial score (nSPS) is 12.1. The summed E-state index contributed by atoms with van der Waals surface area (Å²) >= 11 is 0. The van der Waals surface area contributed by atoms with E-state index in [2.05, 4.69) is 16.5 Å². The zero-order chi connectivity index (χ0) is 22.9. The molecular weight excluding hydrogens is 410 g/mol. The van der Waals surface area contributed by atoms with Crippen LogP contribution in [-0.4, -0.2) is 27.8 Å². The van der Waals surface area contributed by atoms with Crippen molar-refractivity contribution in [2.24, 2.45) is 0 Å². The number of aromatic nitrogens is 2. The van der Waals surface area contributed by atoms with Crippen LogP contribution < -0.4 is 4.74 Å². The SMILES string of the molecule is C=CCOc1ccc(-c2ncc(-c3ccc(C=CCCCC(C)O)c(F)c3F)cn2)cc1. The number of hydrogen-bond donors (Lipinski definition) is 1. The molecule has 0 saturated heterocycles. The lowest BCUT2D eigenvalue weighted by atomic mass is 10.0. The molecule has 2 aromatic carbocycles. The summed E-state index contributed by atoms with van der Waals surface area (Å²) < 4.78 is 34.7. The maximum atomic E-state index is 14.7. The van der Waals surface area contributed by atoms with Gasteiger partial charge in [-0.2, -0.15) is 0 Å². The van der Waals surface area contributed by atoms with E-state index in [1.165, 1.54) is 24.5 Å². The zero-order valence-corrected chi connectivity index (χ0v) is 18.0. The Morgan fingerprint density at radius 3 is 2.41 bits per heavy atom. The van der Waals surface area contributed by atoms with Gasteiger partial charge < -0.3 is 9.84 Å². The summed E-state index contributed by atoms with van der Waals surface area (Å²) in [7, 11) is 0. The fraction of sp³-hybridized carbons (Fsp3) is 0.231. The second kappa shape index (κ2) is 11.3. The number of rotatable bonds is 10. The van der Waals surface area contributed by atoms with Gasteiger partial charge in [-0.15, -0.1) is 0 Å². The van der Waals surface area contributed by atoms with Crippen molar-refractivity contribution < 1.29 is 18.6 Å². The van der Waals surface area contributed by atoms with E-state index in [0.717, 1.165) is 12.0 Å². The van der Waals surface area contributed by atoms with Gasteiger partial charge in [0, 0.05) is 34.6 Å². The molecule has 3 rings (SSSR count). The van der Waals surface area contributed by atoms with E-state index >= 15 is 0 Å². The molecule has 0 saturated carbocycles. The molecule has 1 unspecified atom stereocenters. The first-order chi connectivity index (χ1) is 15.5. The number of unbranched alkanes of at least 4 members (excludes halogenated alkanes) is 1. The van der Waals surface area contributed by atoms with E-state index in [1.807, 2.05) is 24.3 Å². The Morgan fingerprint density at radius 2 is 1.75 bits per heavy atom. The minimum atomic E-state index is -0.934. The minimum Gasteiger partial charge on any atom is -0.490 e. The first kappa shape index (κ1) is 23.3. The van der Waals surface area contributed by atoms with Crippen LogP contribution in [0.15, 0.2) is 67.5 Å². The predicted molar refractivity (Wildman–Crippen MR) is 123 cm³/mol. The highest BCUT2D eigenvalue weighted by Gasteiger charge is 2.14. The van der Waals surface area contributed by atoms with Crippen LogP contribution in [0.5, 0.6) is 5.75 Å². The Hall–Kier alpha value is -3.38. The van der Waals surface area contributed by atoms with Crippen LogP contribution in [0.25, 0.3) is 28.6 Å². The van der Waals surface area contributed by atoms with E-state index in [1.54, 1.807) is 25.2 Å². The third kappa shape index (κ3) is 6.08. The van der Waals surface area contributed by atoms with E-state index in [-0.39, 0.29) is 17.2 Å². The Kier molecular flexibility index (Phi) is 8.22. The average Bonchev–Trinajstić information content (AvgIpc) is 2.80. The summed E-state index contributed by atoms with van der Waals surface area (Å²) in [5, 5.41) is 9.26. The van der Waals surface area contributed by atoms with E-state index in [9.17, 15) is 13.9 Å².